The van der Waals surface area contributed by atoms with Gasteiger partial charge in [-0.15, -0.1) is 0 Å². The van der Waals surface area contributed by atoms with Crippen LogP contribution in [0.3, 0.4) is 0 Å². The summed E-state index contributed by atoms with van der Waals surface area (Å²) >= 11 is 0. The molecule has 0 aromatic rings. The minimum atomic E-state index is -6.65. The summed E-state index contributed by atoms with van der Waals surface area (Å²) in [4.78, 5) is 11.2. The van der Waals surface area contributed by atoms with Crippen LogP contribution in [0.1, 0.15) is 39.5 Å². The van der Waals surface area contributed by atoms with E-state index in [1.165, 1.54) is 0 Å². The Balaban J connectivity index is 5.02. The second kappa shape index (κ2) is 10.1. The first-order valence-corrected chi connectivity index (χ1v) is 7.90. The molecular formula is C15H20F7NO4. The number of carbonyl (C=O) groups excluding carboxylic acids is 1. The van der Waals surface area contributed by atoms with Crippen molar-refractivity contribution in [2.24, 2.45) is 0 Å². The largest absolute Gasteiger partial charge is 0.460 e. The zero-order valence-corrected chi connectivity index (χ0v) is 14.5. The molecule has 0 aliphatic carbocycles. The first-order valence-electron chi connectivity index (χ1n) is 7.90. The summed E-state index contributed by atoms with van der Waals surface area (Å²) in [5, 5.41) is 18.1. The lowest BCUT2D eigenvalue weighted by Gasteiger charge is -2.28. The molecule has 3 atom stereocenters. The van der Waals surface area contributed by atoms with Crippen molar-refractivity contribution >= 4 is 5.97 Å². The van der Waals surface area contributed by atoms with E-state index >= 15 is 0 Å². The number of hydrogen-bond acceptors (Lipinski definition) is 5. The van der Waals surface area contributed by atoms with E-state index in [1.54, 1.807) is 13.0 Å². The van der Waals surface area contributed by atoms with E-state index in [0.29, 0.717) is 6.42 Å². The van der Waals surface area contributed by atoms with E-state index < -0.39 is 42.3 Å². The van der Waals surface area contributed by atoms with E-state index in [9.17, 15) is 40.6 Å². The van der Waals surface area contributed by atoms with Crippen molar-refractivity contribution in [3.63, 3.8) is 0 Å². The van der Waals surface area contributed by atoms with Gasteiger partial charge in [0, 0.05) is 6.42 Å². The summed E-state index contributed by atoms with van der Waals surface area (Å²) in [5.74, 6) is -15.7. The van der Waals surface area contributed by atoms with Crippen LogP contribution in [0.25, 0.3) is 0 Å². The zero-order chi connectivity index (χ0) is 21.5. The van der Waals surface area contributed by atoms with Gasteiger partial charge in [-0.2, -0.15) is 36.0 Å². The number of alkyl halides is 7. The summed E-state index contributed by atoms with van der Waals surface area (Å²) in [5.41, 5.74) is 0. The average Bonchev–Trinajstić information content (AvgIpc) is 2.53. The number of halogens is 7. The molecule has 3 unspecified atom stereocenters. The maximum Gasteiger partial charge on any atom is 0.460 e. The molecule has 27 heavy (non-hydrogen) atoms. The van der Waals surface area contributed by atoms with Crippen LogP contribution >= 0.6 is 0 Å². The van der Waals surface area contributed by atoms with E-state index in [2.05, 4.69) is 4.74 Å². The number of aliphatic hydroxyl groups excluding tert-OH is 1. The van der Waals surface area contributed by atoms with Crippen LogP contribution in [0.4, 0.5) is 30.7 Å². The number of nitriles is 1. The number of nitrogens with zero attached hydrogens (tertiary/aromatic N) is 1. The van der Waals surface area contributed by atoms with Crippen molar-refractivity contribution in [3.8, 4) is 6.07 Å². The van der Waals surface area contributed by atoms with Crippen molar-refractivity contribution in [1.82, 2.24) is 0 Å². The lowest BCUT2D eigenvalue weighted by Crippen LogP contribution is -2.57. The lowest BCUT2D eigenvalue weighted by molar-refractivity contribution is -0.349. The van der Waals surface area contributed by atoms with Gasteiger partial charge in [0.15, 0.2) is 0 Å². The molecule has 0 aromatic carbocycles. The number of esters is 1. The van der Waals surface area contributed by atoms with Crippen molar-refractivity contribution in [3.05, 3.63) is 0 Å². The number of rotatable bonds is 11. The molecule has 12 heteroatoms. The van der Waals surface area contributed by atoms with E-state index in [0.717, 1.165) is 6.92 Å². The minimum absolute atomic E-state index is 0.0389. The molecule has 0 saturated heterocycles. The second-order valence-corrected chi connectivity index (χ2v) is 5.80. The third-order valence-corrected chi connectivity index (χ3v) is 3.48. The van der Waals surface area contributed by atoms with Gasteiger partial charge in [0.1, 0.15) is 6.10 Å². The zero-order valence-electron chi connectivity index (χ0n) is 14.5. The second-order valence-electron chi connectivity index (χ2n) is 5.80. The highest BCUT2D eigenvalue weighted by atomic mass is 19.4. The Hall–Kier alpha value is -1.61. The van der Waals surface area contributed by atoms with Gasteiger partial charge < -0.3 is 14.6 Å². The highest BCUT2D eigenvalue weighted by Crippen LogP contribution is 2.47. The number of aliphatic hydroxyl groups is 1. The van der Waals surface area contributed by atoms with Crippen LogP contribution in [0.15, 0.2) is 0 Å². The Morgan fingerprint density at radius 2 is 1.70 bits per heavy atom. The molecule has 0 aromatic heterocycles. The van der Waals surface area contributed by atoms with E-state index in [1.807, 2.05) is 0 Å². The van der Waals surface area contributed by atoms with Gasteiger partial charge in [-0.05, 0) is 19.8 Å². The van der Waals surface area contributed by atoms with Gasteiger partial charge >= 0.3 is 24.0 Å². The van der Waals surface area contributed by atoms with Crippen LogP contribution < -0.4 is 0 Å². The van der Waals surface area contributed by atoms with E-state index in [-0.39, 0.29) is 25.9 Å². The maximum atomic E-state index is 13.3. The number of ether oxygens (including phenoxy) is 2. The fourth-order valence-corrected chi connectivity index (χ4v) is 1.95. The fourth-order valence-electron chi connectivity index (χ4n) is 1.95. The molecule has 0 aliphatic heterocycles. The fraction of sp³-hybridized carbons (Fsp3) is 0.867. The Kier molecular flexibility index (Phi) is 9.48. The van der Waals surface area contributed by atoms with Gasteiger partial charge in [-0.1, -0.05) is 6.92 Å². The summed E-state index contributed by atoms with van der Waals surface area (Å²) in [7, 11) is 0. The van der Waals surface area contributed by atoms with Crippen molar-refractivity contribution in [2.75, 3.05) is 6.61 Å². The lowest BCUT2D eigenvalue weighted by atomic mass is 10.0. The minimum Gasteiger partial charge on any atom is -0.458 e. The van der Waals surface area contributed by atoms with Crippen LogP contribution in [0, 0.1) is 11.3 Å². The monoisotopic (exact) mass is 411 g/mol. The SMILES string of the molecule is CCC(O)CC(CC(C)OC(=O)C(F)(F)C(F)(F)C(F)(F)F)OCCC#N. The molecule has 1 N–H and O–H groups in total. The normalized spacial score (nSPS) is 16.3. The Labute approximate surface area is 151 Å². The third-order valence-electron chi connectivity index (χ3n) is 3.48. The smallest absolute Gasteiger partial charge is 0.458 e. The van der Waals surface area contributed by atoms with Crippen molar-refractivity contribution in [1.29, 1.82) is 5.26 Å². The van der Waals surface area contributed by atoms with Gasteiger partial charge in [-0.25, -0.2) is 4.79 Å². The topological polar surface area (TPSA) is 79.6 Å². The Bertz CT molecular complexity index is 519. The van der Waals surface area contributed by atoms with Gasteiger partial charge in [0.05, 0.1) is 31.3 Å². The van der Waals surface area contributed by atoms with Gasteiger partial charge in [0.2, 0.25) is 0 Å². The van der Waals surface area contributed by atoms with Crippen molar-refractivity contribution in [2.45, 2.75) is 75.9 Å². The summed E-state index contributed by atoms with van der Waals surface area (Å²) in [6.07, 6.45) is -10.1. The summed E-state index contributed by atoms with van der Waals surface area (Å²) in [6.45, 7) is 2.53. The molecule has 0 bridgehead atoms. The molecule has 0 heterocycles. The highest BCUT2D eigenvalue weighted by molar-refractivity contribution is 5.79. The Morgan fingerprint density at radius 1 is 1.15 bits per heavy atom. The van der Waals surface area contributed by atoms with Crippen LogP contribution in [-0.2, 0) is 14.3 Å². The molecule has 0 spiro atoms. The summed E-state index contributed by atoms with van der Waals surface area (Å²) < 4.78 is 97.7. The number of hydrogen-bond donors (Lipinski definition) is 1. The molecule has 0 rings (SSSR count). The molecule has 0 fully saturated rings. The van der Waals surface area contributed by atoms with Gasteiger partial charge in [0.25, 0.3) is 0 Å². The van der Waals surface area contributed by atoms with Crippen LogP contribution in [-0.4, -0.2) is 54.0 Å². The number of carbonyl (C=O) groups is 1. The molecule has 5 nitrogen and oxygen atoms in total. The van der Waals surface area contributed by atoms with Gasteiger partial charge in [-0.3, -0.25) is 0 Å². The average molecular weight is 411 g/mol. The quantitative estimate of drug-likeness (QED) is 0.319. The molecule has 0 radical (unpaired) electrons. The molecular weight excluding hydrogens is 391 g/mol. The van der Waals surface area contributed by atoms with Crippen molar-refractivity contribution < 1.29 is 50.1 Å². The van der Waals surface area contributed by atoms with Crippen LogP contribution in [0.5, 0.6) is 0 Å². The predicted octanol–water partition coefficient (Wildman–Crippen LogP) is 3.60. The molecule has 158 valence electrons. The molecule has 0 amide bonds. The first kappa shape index (κ1) is 25.4. The molecule has 0 saturated carbocycles. The van der Waals surface area contributed by atoms with E-state index in [4.69, 9.17) is 10.00 Å². The predicted molar refractivity (Wildman–Crippen MR) is 77.0 cm³/mol. The third kappa shape index (κ3) is 7.14. The highest BCUT2D eigenvalue weighted by Gasteiger charge is 2.77. The van der Waals surface area contributed by atoms with Crippen LogP contribution in [0.2, 0.25) is 0 Å². The Morgan fingerprint density at radius 3 is 2.15 bits per heavy atom. The first-order chi connectivity index (χ1) is 12.2. The maximum absolute atomic E-state index is 13.3. The molecule has 0 aliphatic rings. The summed E-state index contributed by atoms with van der Waals surface area (Å²) in [6, 6.07) is 1.76. The standard InChI is InChI=1S/C15H20F7NO4/c1-3-10(24)8-11(26-6-4-5-23)7-9(2)27-12(25)13(16,17)14(18,19)15(20,21)22/h9-11,24H,3-4,6-8H2,1-2H3.